The number of carbonyl (C=O) groups is 1. The summed E-state index contributed by atoms with van der Waals surface area (Å²) in [6, 6.07) is 7.73. The molecule has 0 saturated heterocycles. The van der Waals surface area contributed by atoms with Gasteiger partial charge in [0.25, 0.3) is 0 Å². The predicted molar refractivity (Wildman–Crippen MR) is 68.1 cm³/mol. The average Bonchev–Trinajstić information content (AvgIpc) is 2.68. The number of hydrazone groups is 1. The molecule has 0 fully saturated rings. The number of Topliss-reactive ketones (excluding diaryl/α,β-unsaturated/α-hetero) is 1. The Morgan fingerprint density at radius 3 is 2.88 bits per heavy atom. The standard InChI is InChI=1S/C12H14N4O/c1-8(7-9(2)17)15-16-12-13-10-5-3-4-6-11(10)14-12/h3-6H,7H2,1-2H3,(H2,13,14,16)/b15-8-. The Labute approximate surface area is 98.9 Å². The van der Waals surface area contributed by atoms with Crippen LogP contribution in [0.2, 0.25) is 0 Å². The molecule has 1 heterocycles. The number of fused-ring (bicyclic) bond motifs is 1. The average molecular weight is 230 g/mol. The summed E-state index contributed by atoms with van der Waals surface area (Å²) >= 11 is 0. The number of hydrogen-bond acceptors (Lipinski definition) is 4. The molecule has 1 aromatic carbocycles. The Bertz CT molecular complexity index is 538. The quantitative estimate of drug-likeness (QED) is 0.625. The number of nitrogens with one attached hydrogen (secondary N) is 2. The normalized spacial score (nSPS) is 11.8. The summed E-state index contributed by atoms with van der Waals surface area (Å²) in [5.74, 6) is 0.673. The van der Waals surface area contributed by atoms with Gasteiger partial charge in [0.05, 0.1) is 11.0 Å². The Hall–Kier alpha value is -2.17. The summed E-state index contributed by atoms with van der Waals surface area (Å²) in [5.41, 5.74) is 5.38. The number of benzene rings is 1. The van der Waals surface area contributed by atoms with Crippen LogP contribution in [0.5, 0.6) is 0 Å². The van der Waals surface area contributed by atoms with Crippen LogP contribution in [0.15, 0.2) is 29.4 Å². The van der Waals surface area contributed by atoms with Gasteiger partial charge in [-0.1, -0.05) is 12.1 Å². The van der Waals surface area contributed by atoms with E-state index in [0.717, 1.165) is 16.7 Å². The highest BCUT2D eigenvalue weighted by atomic mass is 16.1. The number of aromatic nitrogens is 2. The largest absolute Gasteiger partial charge is 0.323 e. The molecule has 0 unspecified atom stereocenters. The zero-order valence-electron chi connectivity index (χ0n) is 9.82. The second kappa shape index (κ2) is 4.78. The summed E-state index contributed by atoms with van der Waals surface area (Å²) in [4.78, 5) is 18.3. The number of rotatable bonds is 4. The van der Waals surface area contributed by atoms with E-state index in [1.165, 1.54) is 0 Å². The first-order valence-corrected chi connectivity index (χ1v) is 5.38. The van der Waals surface area contributed by atoms with Crippen LogP contribution in [0, 0.1) is 0 Å². The van der Waals surface area contributed by atoms with Crippen LogP contribution in [-0.4, -0.2) is 21.5 Å². The number of hydrogen-bond donors (Lipinski definition) is 2. The van der Waals surface area contributed by atoms with Crippen LogP contribution in [-0.2, 0) is 4.79 Å². The second-order valence-electron chi connectivity index (χ2n) is 3.94. The van der Waals surface area contributed by atoms with Gasteiger partial charge in [-0.15, -0.1) is 0 Å². The Morgan fingerprint density at radius 2 is 2.18 bits per heavy atom. The molecule has 0 aliphatic rings. The molecular weight excluding hydrogens is 216 g/mol. The van der Waals surface area contributed by atoms with Crippen LogP contribution in [0.4, 0.5) is 5.95 Å². The maximum absolute atomic E-state index is 10.9. The number of imidazole rings is 1. The maximum Gasteiger partial charge on any atom is 0.222 e. The molecule has 0 spiro atoms. The van der Waals surface area contributed by atoms with Gasteiger partial charge in [-0.25, -0.2) is 10.4 Å². The van der Waals surface area contributed by atoms with E-state index in [1.807, 2.05) is 24.3 Å². The van der Waals surface area contributed by atoms with E-state index in [4.69, 9.17) is 0 Å². The van der Waals surface area contributed by atoms with Gasteiger partial charge in [-0.3, -0.25) is 4.79 Å². The molecule has 0 amide bonds. The number of anilines is 1. The topological polar surface area (TPSA) is 70.1 Å². The van der Waals surface area contributed by atoms with Crippen molar-refractivity contribution < 1.29 is 4.79 Å². The minimum absolute atomic E-state index is 0.0951. The van der Waals surface area contributed by atoms with E-state index < -0.39 is 0 Å². The lowest BCUT2D eigenvalue weighted by molar-refractivity contribution is -0.115. The summed E-state index contributed by atoms with van der Waals surface area (Å²) in [6.07, 6.45) is 0.354. The second-order valence-corrected chi connectivity index (χ2v) is 3.94. The van der Waals surface area contributed by atoms with Crippen molar-refractivity contribution in [3.8, 4) is 0 Å². The smallest absolute Gasteiger partial charge is 0.222 e. The number of para-hydroxylation sites is 2. The number of carbonyl (C=O) groups excluding carboxylic acids is 1. The van der Waals surface area contributed by atoms with Crippen molar-refractivity contribution in [3.05, 3.63) is 24.3 Å². The van der Waals surface area contributed by atoms with Crippen molar-refractivity contribution in [2.45, 2.75) is 20.3 Å². The van der Waals surface area contributed by atoms with Gasteiger partial charge in [0.15, 0.2) is 0 Å². The highest BCUT2D eigenvalue weighted by molar-refractivity contribution is 5.99. The first-order valence-electron chi connectivity index (χ1n) is 5.38. The fourth-order valence-corrected chi connectivity index (χ4v) is 1.55. The summed E-state index contributed by atoms with van der Waals surface area (Å²) in [7, 11) is 0. The van der Waals surface area contributed by atoms with Crippen molar-refractivity contribution in [1.82, 2.24) is 9.97 Å². The molecule has 0 atom stereocenters. The highest BCUT2D eigenvalue weighted by Crippen LogP contribution is 2.13. The highest BCUT2D eigenvalue weighted by Gasteiger charge is 2.01. The van der Waals surface area contributed by atoms with Crippen LogP contribution in [0.1, 0.15) is 20.3 Å². The third kappa shape index (κ3) is 2.90. The molecular formula is C12H14N4O. The van der Waals surface area contributed by atoms with Crippen LogP contribution in [0.3, 0.4) is 0 Å². The number of H-pyrrole nitrogens is 1. The summed E-state index contributed by atoms with van der Waals surface area (Å²) in [5, 5.41) is 4.08. The first kappa shape index (κ1) is 11.3. The van der Waals surface area contributed by atoms with Crippen molar-refractivity contribution in [2.24, 2.45) is 5.10 Å². The minimum atomic E-state index is 0.0951. The number of ketones is 1. The molecule has 2 rings (SSSR count). The lowest BCUT2D eigenvalue weighted by atomic mass is 10.2. The third-order valence-electron chi connectivity index (χ3n) is 2.25. The van der Waals surface area contributed by atoms with E-state index >= 15 is 0 Å². The van der Waals surface area contributed by atoms with Crippen molar-refractivity contribution in [2.75, 3.05) is 5.43 Å². The molecule has 1 aromatic heterocycles. The Morgan fingerprint density at radius 1 is 1.41 bits per heavy atom. The maximum atomic E-state index is 10.9. The minimum Gasteiger partial charge on any atom is -0.323 e. The van der Waals surface area contributed by atoms with E-state index in [1.54, 1.807) is 13.8 Å². The SMILES string of the molecule is CC(=O)C/C(C)=N\Nc1nc2ccccc2[nH]1. The van der Waals surface area contributed by atoms with Gasteiger partial charge in [0.2, 0.25) is 5.95 Å². The van der Waals surface area contributed by atoms with Gasteiger partial charge in [-0.2, -0.15) is 5.10 Å². The van der Waals surface area contributed by atoms with E-state index in [-0.39, 0.29) is 5.78 Å². The molecule has 2 N–H and O–H groups in total. The lowest BCUT2D eigenvalue weighted by Gasteiger charge is -1.97. The van der Waals surface area contributed by atoms with E-state index in [9.17, 15) is 4.79 Å². The van der Waals surface area contributed by atoms with E-state index in [2.05, 4.69) is 20.5 Å². The van der Waals surface area contributed by atoms with Crippen molar-refractivity contribution >= 4 is 28.5 Å². The number of nitrogens with zero attached hydrogens (tertiary/aromatic N) is 2. The molecule has 0 bridgehead atoms. The molecule has 17 heavy (non-hydrogen) atoms. The van der Waals surface area contributed by atoms with Crippen molar-refractivity contribution in [3.63, 3.8) is 0 Å². The molecule has 88 valence electrons. The van der Waals surface area contributed by atoms with Gasteiger partial charge in [0, 0.05) is 12.1 Å². The molecule has 5 heteroatoms. The molecule has 5 nitrogen and oxygen atoms in total. The van der Waals surface area contributed by atoms with Gasteiger partial charge in [-0.05, 0) is 26.0 Å². The van der Waals surface area contributed by atoms with Gasteiger partial charge >= 0.3 is 0 Å². The first-order chi connectivity index (χ1) is 8.15. The zero-order valence-corrected chi connectivity index (χ0v) is 9.82. The zero-order chi connectivity index (χ0) is 12.3. The van der Waals surface area contributed by atoms with Crippen LogP contribution >= 0.6 is 0 Å². The lowest BCUT2D eigenvalue weighted by Crippen LogP contribution is -2.03. The molecule has 0 saturated carbocycles. The third-order valence-corrected chi connectivity index (χ3v) is 2.25. The molecule has 0 aliphatic heterocycles. The summed E-state index contributed by atoms with van der Waals surface area (Å²) < 4.78 is 0. The van der Waals surface area contributed by atoms with Gasteiger partial charge in [0.1, 0.15) is 5.78 Å². The van der Waals surface area contributed by atoms with E-state index in [0.29, 0.717) is 12.4 Å². The summed E-state index contributed by atoms with van der Waals surface area (Å²) in [6.45, 7) is 3.34. The van der Waals surface area contributed by atoms with Crippen LogP contribution < -0.4 is 5.43 Å². The van der Waals surface area contributed by atoms with Crippen molar-refractivity contribution in [1.29, 1.82) is 0 Å². The monoisotopic (exact) mass is 230 g/mol. The molecule has 0 radical (unpaired) electrons. The molecule has 0 aliphatic carbocycles. The van der Waals surface area contributed by atoms with Gasteiger partial charge < -0.3 is 4.98 Å². The van der Waals surface area contributed by atoms with Crippen LogP contribution in [0.25, 0.3) is 11.0 Å². The number of aromatic amines is 1. The molecule has 2 aromatic rings. The fourth-order valence-electron chi connectivity index (χ4n) is 1.55. The Balaban J connectivity index is 2.11. The Kier molecular flexibility index (Phi) is 3.18. The predicted octanol–water partition coefficient (Wildman–Crippen LogP) is 2.33. The fraction of sp³-hybridized carbons (Fsp3) is 0.250.